The number of phenols is 2. The van der Waals surface area contributed by atoms with Crippen LogP contribution in [0.2, 0.25) is 0 Å². The van der Waals surface area contributed by atoms with Crippen LogP contribution in [-0.4, -0.2) is 27.3 Å². The van der Waals surface area contributed by atoms with E-state index in [9.17, 15) is 10.2 Å². The van der Waals surface area contributed by atoms with Crippen LogP contribution in [0.3, 0.4) is 0 Å². The molecule has 6 heteroatoms. The minimum atomic E-state index is -0.465. The number of phenolic OH excluding ortho intramolecular Hbond substituents is 2. The molecule has 1 atom stereocenters. The summed E-state index contributed by atoms with van der Waals surface area (Å²) in [6.45, 7) is 1.98. The Hall–Kier alpha value is -3.80. The Bertz CT molecular complexity index is 1180. The Kier molecular flexibility index (Phi) is 4.91. The van der Waals surface area contributed by atoms with Gasteiger partial charge in [0.1, 0.15) is 17.1 Å². The Morgan fingerprint density at radius 1 is 0.966 bits per heavy atom. The first-order valence-corrected chi connectivity index (χ1v) is 9.19. The molecule has 0 radical (unpaired) electrons. The predicted molar refractivity (Wildman–Crippen MR) is 113 cm³/mol. The first-order valence-electron chi connectivity index (χ1n) is 9.19. The van der Waals surface area contributed by atoms with Gasteiger partial charge in [0.25, 0.3) is 0 Å². The minimum absolute atomic E-state index is 0.0207. The summed E-state index contributed by atoms with van der Waals surface area (Å²) in [5, 5.41) is 25.5. The average molecular weight is 387 g/mol. The molecule has 0 bridgehead atoms. The van der Waals surface area contributed by atoms with Crippen LogP contribution >= 0.6 is 0 Å². The van der Waals surface area contributed by atoms with Gasteiger partial charge in [-0.2, -0.15) is 0 Å². The second-order valence-corrected chi connectivity index (χ2v) is 6.81. The number of benzene rings is 2. The van der Waals surface area contributed by atoms with Crippen molar-refractivity contribution >= 4 is 16.7 Å². The molecule has 0 saturated heterocycles. The Morgan fingerprint density at radius 3 is 2.59 bits per heavy atom. The number of hydrogen-bond donors (Lipinski definition) is 3. The fourth-order valence-corrected chi connectivity index (χ4v) is 3.37. The van der Waals surface area contributed by atoms with E-state index in [-0.39, 0.29) is 11.5 Å². The number of anilines is 1. The molecule has 0 aliphatic rings. The van der Waals surface area contributed by atoms with E-state index in [0.29, 0.717) is 22.6 Å². The van der Waals surface area contributed by atoms with Crippen LogP contribution in [0, 0.1) is 6.92 Å². The number of nitrogens with zero attached hydrogens (tertiary/aromatic N) is 2. The first-order chi connectivity index (χ1) is 14.1. The van der Waals surface area contributed by atoms with Crippen molar-refractivity contribution in [3.8, 4) is 17.2 Å². The highest BCUT2D eigenvalue weighted by Crippen LogP contribution is 2.38. The number of pyridine rings is 2. The summed E-state index contributed by atoms with van der Waals surface area (Å²) in [6.07, 6.45) is 3.37. The highest BCUT2D eigenvalue weighted by Gasteiger charge is 2.21. The van der Waals surface area contributed by atoms with Crippen LogP contribution in [0.5, 0.6) is 17.2 Å². The van der Waals surface area contributed by atoms with E-state index in [1.807, 2.05) is 49.4 Å². The third-order valence-corrected chi connectivity index (χ3v) is 4.83. The molecule has 0 aliphatic carbocycles. The normalized spacial score (nSPS) is 11.9. The van der Waals surface area contributed by atoms with E-state index in [1.54, 1.807) is 24.5 Å². The maximum absolute atomic E-state index is 11.0. The second-order valence-electron chi connectivity index (χ2n) is 6.81. The molecule has 146 valence electrons. The van der Waals surface area contributed by atoms with Gasteiger partial charge in [-0.25, -0.2) is 4.98 Å². The summed E-state index contributed by atoms with van der Waals surface area (Å²) >= 11 is 0. The van der Waals surface area contributed by atoms with Crippen molar-refractivity contribution in [2.75, 3.05) is 12.4 Å². The maximum Gasteiger partial charge on any atom is 0.160 e. The number of methoxy groups -OCH3 is 1. The largest absolute Gasteiger partial charge is 0.505 e. The molecule has 4 rings (SSSR count). The van der Waals surface area contributed by atoms with E-state index in [0.717, 1.165) is 16.5 Å². The van der Waals surface area contributed by atoms with Gasteiger partial charge in [0.05, 0.1) is 13.2 Å². The van der Waals surface area contributed by atoms with Gasteiger partial charge in [0.2, 0.25) is 0 Å². The van der Waals surface area contributed by atoms with Crippen molar-refractivity contribution < 1.29 is 14.9 Å². The van der Waals surface area contributed by atoms with Crippen molar-refractivity contribution in [1.29, 1.82) is 0 Å². The quantitative estimate of drug-likeness (QED) is 0.465. The minimum Gasteiger partial charge on any atom is -0.505 e. The molecule has 1 unspecified atom stereocenters. The summed E-state index contributed by atoms with van der Waals surface area (Å²) in [4.78, 5) is 8.70. The van der Waals surface area contributed by atoms with Gasteiger partial charge in [0, 0.05) is 23.3 Å². The number of ether oxygens (including phenoxy) is 1. The van der Waals surface area contributed by atoms with E-state index in [2.05, 4.69) is 15.3 Å². The van der Waals surface area contributed by atoms with Crippen LogP contribution in [-0.2, 0) is 0 Å². The highest BCUT2D eigenvalue weighted by molar-refractivity contribution is 5.86. The number of rotatable bonds is 5. The van der Waals surface area contributed by atoms with Crippen molar-refractivity contribution in [2.24, 2.45) is 0 Å². The lowest BCUT2D eigenvalue weighted by molar-refractivity contribution is 0.373. The number of hydrogen-bond acceptors (Lipinski definition) is 6. The third kappa shape index (κ3) is 3.65. The molecule has 2 aromatic carbocycles. The molecule has 0 aliphatic heterocycles. The van der Waals surface area contributed by atoms with Crippen molar-refractivity contribution in [1.82, 2.24) is 9.97 Å². The van der Waals surface area contributed by atoms with E-state index in [4.69, 9.17) is 4.74 Å². The number of nitrogens with one attached hydrogen (secondary N) is 1. The maximum atomic E-state index is 11.0. The SMILES string of the molecule is COc1ccc(C(Nc2cc(C)ccn2)c2ccc3cccnc3c2O)cc1O. The summed E-state index contributed by atoms with van der Waals surface area (Å²) in [7, 11) is 1.50. The first kappa shape index (κ1) is 18.6. The van der Waals surface area contributed by atoms with Gasteiger partial charge in [-0.05, 0) is 48.4 Å². The van der Waals surface area contributed by atoms with Gasteiger partial charge in [0.15, 0.2) is 11.5 Å². The van der Waals surface area contributed by atoms with Crippen LogP contribution < -0.4 is 10.1 Å². The zero-order chi connectivity index (χ0) is 20.4. The highest BCUT2D eigenvalue weighted by atomic mass is 16.5. The van der Waals surface area contributed by atoms with Crippen LogP contribution in [0.1, 0.15) is 22.7 Å². The van der Waals surface area contributed by atoms with Crippen molar-refractivity contribution in [2.45, 2.75) is 13.0 Å². The molecular weight excluding hydrogens is 366 g/mol. The monoisotopic (exact) mass is 387 g/mol. The Labute approximate surface area is 168 Å². The lowest BCUT2D eigenvalue weighted by Gasteiger charge is -2.22. The zero-order valence-corrected chi connectivity index (χ0v) is 16.1. The third-order valence-electron chi connectivity index (χ3n) is 4.83. The lowest BCUT2D eigenvalue weighted by atomic mass is 9.95. The molecule has 4 aromatic rings. The van der Waals surface area contributed by atoms with Gasteiger partial charge < -0.3 is 20.3 Å². The number of aryl methyl sites for hydroxylation is 1. The summed E-state index contributed by atoms with van der Waals surface area (Å²) < 4.78 is 5.16. The molecule has 2 aromatic heterocycles. The van der Waals surface area contributed by atoms with E-state index < -0.39 is 6.04 Å². The van der Waals surface area contributed by atoms with Crippen LogP contribution in [0.15, 0.2) is 67.0 Å². The molecular formula is C23H21N3O3. The summed E-state index contributed by atoms with van der Waals surface area (Å²) in [6, 6.07) is 16.0. The lowest BCUT2D eigenvalue weighted by Crippen LogP contribution is -2.14. The second kappa shape index (κ2) is 7.67. The van der Waals surface area contributed by atoms with Crippen molar-refractivity contribution in [3.05, 3.63) is 83.7 Å². The molecule has 0 fully saturated rings. The van der Waals surface area contributed by atoms with E-state index in [1.165, 1.54) is 7.11 Å². The molecule has 29 heavy (non-hydrogen) atoms. The molecule has 6 nitrogen and oxygen atoms in total. The van der Waals surface area contributed by atoms with Crippen LogP contribution in [0.4, 0.5) is 5.82 Å². The fourth-order valence-electron chi connectivity index (χ4n) is 3.37. The molecule has 0 spiro atoms. The molecule has 3 N–H and O–H groups in total. The molecule has 0 amide bonds. The zero-order valence-electron chi connectivity index (χ0n) is 16.1. The van der Waals surface area contributed by atoms with Gasteiger partial charge in [-0.15, -0.1) is 0 Å². The Balaban J connectivity index is 1.86. The smallest absolute Gasteiger partial charge is 0.160 e. The molecule has 2 heterocycles. The topological polar surface area (TPSA) is 87.5 Å². The van der Waals surface area contributed by atoms with Crippen molar-refractivity contribution in [3.63, 3.8) is 0 Å². The van der Waals surface area contributed by atoms with E-state index >= 15 is 0 Å². The number of aromatic nitrogens is 2. The summed E-state index contributed by atoms with van der Waals surface area (Å²) in [5.41, 5.74) is 2.95. The molecule has 0 saturated carbocycles. The average Bonchev–Trinajstić information content (AvgIpc) is 2.73. The number of fused-ring (bicyclic) bond motifs is 1. The van der Waals surface area contributed by atoms with Gasteiger partial charge in [-0.1, -0.05) is 24.3 Å². The predicted octanol–water partition coefficient (Wildman–Crippen LogP) is 4.56. The Morgan fingerprint density at radius 2 is 1.83 bits per heavy atom. The van der Waals surface area contributed by atoms with Gasteiger partial charge in [-0.3, -0.25) is 4.98 Å². The standard InChI is InChI=1S/C23H21N3O3/c1-14-9-11-24-20(12-14)26-21(16-6-8-19(29-2)18(27)13-16)17-7-5-15-4-3-10-25-22(15)23(17)28/h3-13,21,27-28H,1-2H3,(H,24,26). The van der Waals surface area contributed by atoms with Gasteiger partial charge >= 0.3 is 0 Å². The number of aromatic hydroxyl groups is 2. The fraction of sp³-hybridized carbons (Fsp3) is 0.130. The summed E-state index contributed by atoms with van der Waals surface area (Å²) in [5.74, 6) is 1.15. The van der Waals surface area contributed by atoms with Crippen LogP contribution in [0.25, 0.3) is 10.9 Å².